The van der Waals surface area contributed by atoms with Crippen LogP contribution in [0.4, 0.5) is 5.69 Å². The Morgan fingerprint density at radius 2 is 1.52 bits per heavy atom. The normalized spacial score (nSPS) is 14.6. The number of carbonyl (C=O) groups is 1. The van der Waals surface area contributed by atoms with Crippen molar-refractivity contribution in [2.24, 2.45) is 0 Å². The average molecular weight is 337 g/mol. The van der Waals surface area contributed by atoms with Gasteiger partial charge in [-0.3, -0.25) is 4.79 Å². The fraction of sp³-hybridized carbons (Fsp3) is 0.381. The minimum Gasteiger partial charge on any atom is -0.368 e. The highest BCUT2D eigenvalue weighted by Gasteiger charge is 2.20. The van der Waals surface area contributed by atoms with Gasteiger partial charge >= 0.3 is 0 Å². The summed E-state index contributed by atoms with van der Waals surface area (Å²) >= 11 is 0. The summed E-state index contributed by atoms with van der Waals surface area (Å²) in [6.45, 7) is 4.75. The second-order valence-corrected chi connectivity index (χ2v) is 6.47. The van der Waals surface area contributed by atoms with Gasteiger partial charge < -0.3 is 15.1 Å². The van der Waals surface area contributed by atoms with E-state index in [2.05, 4.69) is 58.7 Å². The van der Waals surface area contributed by atoms with Crippen molar-refractivity contribution in [3.8, 4) is 0 Å². The van der Waals surface area contributed by atoms with Gasteiger partial charge in [-0.05, 0) is 37.1 Å². The summed E-state index contributed by atoms with van der Waals surface area (Å²) in [5.74, 6) is 0.215. The number of benzene rings is 2. The van der Waals surface area contributed by atoms with Crippen LogP contribution in [0.3, 0.4) is 0 Å². The van der Waals surface area contributed by atoms with Crippen LogP contribution in [0.25, 0.3) is 0 Å². The monoisotopic (exact) mass is 337 g/mol. The molecule has 1 saturated heterocycles. The summed E-state index contributed by atoms with van der Waals surface area (Å²) < 4.78 is 0. The molecule has 0 spiro atoms. The lowest BCUT2D eigenvalue weighted by Gasteiger charge is -2.36. The van der Waals surface area contributed by atoms with Crippen LogP contribution < -0.4 is 10.2 Å². The third kappa shape index (κ3) is 5.33. The van der Waals surface area contributed by atoms with Crippen molar-refractivity contribution in [2.75, 3.05) is 44.2 Å². The van der Waals surface area contributed by atoms with Gasteiger partial charge in [0.05, 0.1) is 6.54 Å². The second kappa shape index (κ2) is 9.23. The quantitative estimate of drug-likeness (QED) is 0.789. The van der Waals surface area contributed by atoms with Crippen LogP contribution >= 0.6 is 0 Å². The first-order valence-electron chi connectivity index (χ1n) is 9.15. The minimum absolute atomic E-state index is 0.215. The van der Waals surface area contributed by atoms with E-state index in [9.17, 15) is 4.79 Å². The van der Waals surface area contributed by atoms with Gasteiger partial charge in [-0.1, -0.05) is 48.5 Å². The molecular formula is C21H27N3O. The van der Waals surface area contributed by atoms with Crippen LogP contribution in [0.1, 0.15) is 12.0 Å². The maximum atomic E-state index is 12.3. The van der Waals surface area contributed by atoms with Crippen molar-refractivity contribution in [3.05, 3.63) is 66.2 Å². The highest BCUT2D eigenvalue weighted by molar-refractivity contribution is 5.78. The zero-order chi connectivity index (χ0) is 17.3. The molecule has 1 amide bonds. The average Bonchev–Trinajstić information content (AvgIpc) is 2.69. The van der Waals surface area contributed by atoms with Gasteiger partial charge in [0.1, 0.15) is 0 Å². The predicted octanol–water partition coefficient (Wildman–Crippen LogP) is 2.56. The van der Waals surface area contributed by atoms with Crippen LogP contribution in [0.5, 0.6) is 0 Å². The smallest absolute Gasteiger partial charge is 0.236 e. The molecule has 0 saturated carbocycles. The van der Waals surface area contributed by atoms with Gasteiger partial charge in [-0.2, -0.15) is 0 Å². The second-order valence-electron chi connectivity index (χ2n) is 6.47. The molecule has 2 aromatic rings. The maximum absolute atomic E-state index is 12.3. The van der Waals surface area contributed by atoms with Gasteiger partial charge in [0, 0.05) is 31.9 Å². The number of nitrogens with one attached hydrogen (secondary N) is 1. The molecule has 0 radical (unpaired) electrons. The Balaban J connectivity index is 1.31. The molecule has 3 rings (SSSR count). The molecule has 4 nitrogen and oxygen atoms in total. The fourth-order valence-corrected chi connectivity index (χ4v) is 3.22. The first-order valence-corrected chi connectivity index (χ1v) is 9.15. The van der Waals surface area contributed by atoms with Crippen molar-refractivity contribution < 1.29 is 4.79 Å². The van der Waals surface area contributed by atoms with Crippen molar-refractivity contribution in [1.29, 1.82) is 0 Å². The SMILES string of the molecule is O=C(CNCCCc1ccccc1)N1CCN(c2ccccc2)CC1. The van der Waals surface area contributed by atoms with E-state index in [0.717, 1.165) is 45.6 Å². The summed E-state index contributed by atoms with van der Waals surface area (Å²) in [5, 5.41) is 3.29. The number of rotatable bonds is 7. The molecule has 0 aliphatic carbocycles. The molecule has 0 aromatic heterocycles. The summed E-state index contributed by atoms with van der Waals surface area (Å²) in [7, 11) is 0. The highest BCUT2D eigenvalue weighted by Crippen LogP contribution is 2.15. The molecule has 2 aromatic carbocycles. The Bertz CT molecular complexity index is 637. The Morgan fingerprint density at radius 1 is 0.880 bits per heavy atom. The third-order valence-corrected chi connectivity index (χ3v) is 4.69. The number of hydrogen-bond donors (Lipinski definition) is 1. The van der Waals surface area contributed by atoms with Crippen LogP contribution in [0.15, 0.2) is 60.7 Å². The molecule has 1 aliphatic rings. The third-order valence-electron chi connectivity index (χ3n) is 4.69. The predicted molar refractivity (Wildman–Crippen MR) is 103 cm³/mol. The van der Waals surface area contributed by atoms with Crippen molar-refractivity contribution in [2.45, 2.75) is 12.8 Å². The van der Waals surface area contributed by atoms with Gasteiger partial charge in [0.2, 0.25) is 5.91 Å². The van der Waals surface area contributed by atoms with E-state index in [0.29, 0.717) is 6.54 Å². The number of para-hydroxylation sites is 1. The van der Waals surface area contributed by atoms with E-state index in [4.69, 9.17) is 0 Å². The number of amides is 1. The van der Waals surface area contributed by atoms with Gasteiger partial charge in [-0.25, -0.2) is 0 Å². The number of anilines is 1. The van der Waals surface area contributed by atoms with Gasteiger partial charge in [0.25, 0.3) is 0 Å². The summed E-state index contributed by atoms with van der Waals surface area (Å²) in [4.78, 5) is 16.6. The van der Waals surface area contributed by atoms with Gasteiger partial charge in [-0.15, -0.1) is 0 Å². The zero-order valence-electron chi connectivity index (χ0n) is 14.7. The van der Waals surface area contributed by atoms with E-state index in [1.807, 2.05) is 17.0 Å². The maximum Gasteiger partial charge on any atom is 0.236 e. The molecule has 1 heterocycles. The van der Waals surface area contributed by atoms with Crippen LogP contribution in [0, 0.1) is 0 Å². The van der Waals surface area contributed by atoms with Crippen molar-refractivity contribution >= 4 is 11.6 Å². The largest absolute Gasteiger partial charge is 0.368 e. The minimum atomic E-state index is 0.215. The molecular weight excluding hydrogens is 310 g/mol. The number of aryl methyl sites for hydroxylation is 1. The number of carbonyl (C=O) groups excluding carboxylic acids is 1. The lowest BCUT2D eigenvalue weighted by atomic mass is 10.1. The Kier molecular flexibility index (Phi) is 6.46. The van der Waals surface area contributed by atoms with E-state index >= 15 is 0 Å². The number of piperazine rings is 1. The first-order chi connectivity index (χ1) is 12.3. The van der Waals surface area contributed by atoms with E-state index in [-0.39, 0.29) is 5.91 Å². The Labute approximate surface area is 150 Å². The molecule has 0 unspecified atom stereocenters. The van der Waals surface area contributed by atoms with E-state index < -0.39 is 0 Å². The van der Waals surface area contributed by atoms with Gasteiger partial charge in [0.15, 0.2) is 0 Å². The number of hydrogen-bond acceptors (Lipinski definition) is 3. The number of nitrogens with zero attached hydrogens (tertiary/aromatic N) is 2. The Hall–Kier alpha value is -2.33. The molecule has 132 valence electrons. The van der Waals surface area contributed by atoms with Crippen LogP contribution in [-0.4, -0.2) is 50.1 Å². The van der Waals surface area contributed by atoms with Crippen LogP contribution in [-0.2, 0) is 11.2 Å². The fourth-order valence-electron chi connectivity index (χ4n) is 3.22. The zero-order valence-corrected chi connectivity index (χ0v) is 14.7. The van der Waals surface area contributed by atoms with E-state index in [1.165, 1.54) is 11.3 Å². The summed E-state index contributed by atoms with van der Waals surface area (Å²) in [6.07, 6.45) is 2.11. The summed E-state index contributed by atoms with van der Waals surface area (Å²) in [6, 6.07) is 20.9. The molecule has 1 aliphatic heterocycles. The molecule has 1 fully saturated rings. The summed E-state index contributed by atoms with van der Waals surface area (Å²) in [5.41, 5.74) is 2.60. The first kappa shape index (κ1) is 17.5. The molecule has 4 heteroatoms. The molecule has 0 bridgehead atoms. The lowest BCUT2D eigenvalue weighted by molar-refractivity contribution is -0.130. The topological polar surface area (TPSA) is 35.6 Å². The van der Waals surface area contributed by atoms with Crippen molar-refractivity contribution in [3.63, 3.8) is 0 Å². The van der Waals surface area contributed by atoms with E-state index in [1.54, 1.807) is 0 Å². The molecule has 0 atom stereocenters. The lowest BCUT2D eigenvalue weighted by Crippen LogP contribution is -2.50. The Morgan fingerprint density at radius 3 is 2.20 bits per heavy atom. The van der Waals surface area contributed by atoms with Crippen molar-refractivity contribution in [1.82, 2.24) is 10.2 Å². The molecule has 1 N–H and O–H groups in total. The van der Waals surface area contributed by atoms with Crippen LogP contribution in [0.2, 0.25) is 0 Å². The standard InChI is InChI=1S/C21H27N3O/c25-21(18-22-13-7-10-19-8-3-1-4-9-19)24-16-14-23(15-17-24)20-11-5-2-6-12-20/h1-6,8-9,11-12,22H,7,10,13-18H2. The molecule has 25 heavy (non-hydrogen) atoms. The highest BCUT2D eigenvalue weighted by atomic mass is 16.2.